The number of benzene rings is 2. The number of nitro groups is 1. The van der Waals surface area contributed by atoms with Crippen molar-refractivity contribution in [3.63, 3.8) is 0 Å². The molecule has 0 saturated heterocycles. The number of aromatic hydroxyl groups is 1. The number of carbonyl (C=O) groups is 1. The standard InChI is InChI=1S/C14H8N2O6/c17-11-6-7(14(18)19)10(16(20)21)5-8(11)13-15-9-3-1-2-4-12(9)22-13/h1-6,17H,(H,18,19). The molecule has 0 radical (unpaired) electrons. The first kappa shape index (κ1) is 13.6. The summed E-state index contributed by atoms with van der Waals surface area (Å²) >= 11 is 0. The van der Waals surface area contributed by atoms with Crippen LogP contribution in [0, 0.1) is 10.1 Å². The Morgan fingerprint density at radius 1 is 1.27 bits per heavy atom. The molecule has 0 spiro atoms. The first-order valence-corrected chi connectivity index (χ1v) is 6.08. The summed E-state index contributed by atoms with van der Waals surface area (Å²) in [5.41, 5.74) is -0.346. The van der Waals surface area contributed by atoms with Crippen molar-refractivity contribution in [2.45, 2.75) is 0 Å². The predicted molar refractivity (Wildman–Crippen MR) is 74.7 cm³/mol. The van der Waals surface area contributed by atoms with Crippen molar-refractivity contribution < 1.29 is 24.3 Å². The number of aromatic carboxylic acids is 1. The molecule has 2 aromatic carbocycles. The first-order valence-electron chi connectivity index (χ1n) is 6.08. The number of phenolic OH excluding ortho intramolecular Hbond substituents is 1. The Kier molecular flexibility index (Phi) is 2.99. The summed E-state index contributed by atoms with van der Waals surface area (Å²) in [5, 5.41) is 29.9. The van der Waals surface area contributed by atoms with Gasteiger partial charge in [0.25, 0.3) is 5.69 Å². The normalized spacial score (nSPS) is 10.7. The van der Waals surface area contributed by atoms with E-state index in [-0.39, 0.29) is 11.5 Å². The van der Waals surface area contributed by atoms with Crippen LogP contribution < -0.4 is 0 Å². The van der Waals surface area contributed by atoms with Crippen molar-refractivity contribution in [2.24, 2.45) is 0 Å². The highest BCUT2D eigenvalue weighted by molar-refractivity contribution is 5.94. The van der Waals surface area contributed by atoms with E-state index >= 15 is 0 Å². The predicted octanol–water partition coefficient (Wildman–Crippen LogP) is 2.81. The third kappa shape index (κ3) is 2.12. The van der Waals surface area contributed by atoms with Crippen LogP contribution in [-0.2, 0) is 0 Å². The molecule has 0 aliphatic rings. The number of para-hydroxylation sites is 2. The van der Waals surface area contributed by atoms with Gasteiger partial charge in [0, 0.05) is 12.1 Å². The van der Waals surface area contributed by atoms with Gasteiger partial charge in [0.15, 0.2) is 5.58 Å². The zero-order chi connectivity index (χ0) is 15.9. The smallest absolute Gasteiger partial charge is 0.342 e. The molecule has 0 bridgehead atoms. The number of phenols is 1. The zero-order valence-electron chi connectivity index (χ0n) is 10.9. The summed E-state index contributed by atoms with van der Waals surface area (Å²) in [6.45, 7) is 0. The maximum atomic E-state index is 11.0. The molecule has 0 unspecified atom stereocenters. The lowest BCUT2D eigenvalue weighted by atomic mass is 10.1. The number of oxazole rings is 1. The number of aromatic nitrogens is 1. The number of nitrogens with zero attached hydrogens (tertiary/aromatic N) is 2. The van der Waals surface area contributed by atoms with Gasteiger partial charge in [-0.1, -0.05) is 12.1 Å². The number of carboxylic acid groups (broad SMARTS) is 1. The highest BCUT2D eigenvalue weighted by Crippen LogP contribution is 2.36. The molecule has 1 aromatic heterocycles. The molecule has 0 saturated carbocycles. The number of nitro benzene ring substituents is 1. The molecule has 0 atom stereocenters. The third-order valence-electron chi connectivity index (χ3n) is 3.07. The van der Waals surface area contributed by atoms with Gasteiger partial charge in [0.2, 0.25) is 5.89 Å². The van der Waals surface area contributed by atoms with Crippen molar-refractivity contribution in [3.05, 3.63) is 52.1 Å². The van der Waals surface area contributed by atoms with Gasteiger partial charge in [-0.05, 0) is 12.1 Å². The molecule has 0 fully saturated rings. The minimum atomic E-state index is -1.51. The van der Waals surface area contributed by atoms with E-state index in [9.17, 15) is 20.0 Å². The summed E-state index contributed by atoms with van der Waals surface area (Å²) in [6, 6.07) is 8.55. The van der Waals surface area contributed by atoms with E-state index < -0.39 is 27.9 Å². The molecule has 3 aromatic rings. The Morgan fingerprint density at radius 2 is 2.00 bits per heavy atom. The molecule has 3 rings (SSSR count). The first-order chi connectivity index (χ1) is 10.5. The average molecular weight is 300 g/mol. The van der Waals surface area contributed by atoms with Crippen molar-refractivity contribution in [2.75, 3.05) is 0 Å². The van der Waals surface area contributed by atoms with Crippen LogP contribution in [-0.4, -0.2) is 26.1 Å². The number of rotatable bonds is 3. The molecule has 0 aliphatic carbocycles. The molecule has 0 aliphatic heterocycles. The maximum absolute atomic E-state index is 11.0. The fourth-order valence-corrected chi connectivity index (χ4v) is 2.06. The lowest BCUT2D eigenvalue weighted by Gasteiger charge is -2.03. The largest absolute Gasteiger partial charge is 0.507 e. The van der Waals surface area contributed by atoms with Crippen LogP contribution in [0.5, 0.6) is 5.75 Å². The SMILES string of the molecule is O=C(O)c1cc(O)c(-c2nc3ccccc3o2)cc1[N+](=O)[O-]. The molecule has 22 heavy (non-hydrogen) atoms. The second kappa shape index (κ2) is 4.85. The molecule has 0 amide bonds. The fraction of sp³-hybridized carbons (Fsp3) is 0. The van der Waals surface area contributed by atoms with E-state index in [0.717, 1.165) is 12.1 Å². The summed E-state index contributed by atoms with van der Waals surface area (Å²) in [6.07, 6.45) is 0. The number of hydrogen-bond acceptors (Lipinski definition) is 6. The fourth-order valence-electron chi connectivity index (χ4n) is 2.06. The highest BCUT2D eigenvalue weighted by atomic mass is 16.6. The van der Waals surface area contributed by atoms with E-state index in [4.69, 9.17) is 9.52 Å². The van der Waals surface area contributed by atoms with Crippen LogP contribution in [0.25, 0.3) is 22.6 Å². The van der Waals surface area contributed by atoms with Gasteiger partial charge in [-0.3, -0.25) is 10.1 Å². The Balaban J connectivity index is 2.24. The number of carboxylic acids is 1. The van der Waals surface area contributed by atoms with E-state index in [1.54, 1.807) is 24.3 Å². The van der Waals surface area contributed by atoms with Crippen LogP contribution >= 0.6 is 0 Å². The minimum Gasteiger partial charge on any atom is -0.507 e. The molecular formula is C14H8N2O6. The second-order valence-electron chi connectivity index (χ2n) is 4.44. The van der Waals surface area contributed by atoms with Crippen LogP contribution in [0.4, 0.5) is 5.69 Å². The van der Waals surface area contributed by atoms with Gasteiger partial charge in [0.05, 0.1) is 10.5 Å². The zero-order valence-corrected chi connectivity index (χ0v) is 10.9. The average Bonchev–Trinajstić information content (AvgIpc) is 2.90. The molecule has 8 nitrogen and oxygen atoms in total. The van der Waals surface area contributed by atoms with Crippen molar-refractivity contribution in [1.82, 2.24) is 4.98 Å². The van der Waals surface area contributed by atoms with Crippen molar-refractivity contribution in [1.29, 1.82) is 0 Å². The summed E-state index contributed by atoms with van der Waals surface area (Å²) in [4.78, 5) is 25.3. The van der Waals surface area contributed by atoms with E-state index in [1.807, 2.05) is 0 Å². The van der Waals surface area contributed by atoms with Crippen LogP contribution in [0.2, 0.25) is 0 Å². The van der Waals surface area contributed by atoms with E-state index in [1.165, 1.54) is 0 Å². The summed E-state index contributed by atoms with van der Waals surface area (Å²) in [7, 11) is 0. The Hall–Kier alpha value is -3.42. The van der Waals surface area contributed by atoms with Gasteiger partial charge < -0.3 is 14.6 Å². The lowest BCUT2D eigenvalue weighted by molar-refractivity contribution is -0.385. The molecule has 2 N–H and O–H groups in total. The number of fused-ring (bicyclic) bond motifs is 1. The van der Waals surface area contributed by atoms with Crippen LogP contribution in [0.1, 0.15) is 10.4 Å². The third-order valence-corrected chi connectivity index (χ3v) is 3.07. The lowest BCUT2D eigenvalue weighted by Crippen LogP contribution is -2.03. The van der Waals surface area contributed by atoms with Gasteiger partial charge in [-0.2, -0.15) is 0 Å². The Bertz CT molecular complexity index is 882. The van der Waals surface area contributed by atoms with E-state index in [2.05, 4.69) is 4.98 Å². The van der Waals surface area contributed by atoms with Crippen LogP contribution in [0.3, 0.4) is 0 Å². The maximum Gasteiger partial charge on any atom is 0.342 e. The Labute approximate surface area is 122 Å². The molecule has 110 valence electrons. The molecule has 1 heterocycles. The highest BCUT2D eigenvalue weighted by Gasteiger charge is 2.25. The number of hydrogen-bond donors (Lipinski definition) is 2. The minimum absolute atomic E-state index is 0.0289. The van der Waals surface area contributed by atoms with E-state index in [0.29, 0.717) is 11.1 Å². The summed E-state index contributed by atoms with van der Waals surface area (Å²) in [5.74, 6) is -2.00. The quantitative estimate of drug-likeness (QED) is 0.562. The Morgan fingerprint density at radius 3 is 2.64 bits per heavy atom. The van der Waals surface area contributed by atoms with Crippen molar-refractivity contribution >= 4 is 22.8 Å². The van der Waals surface area contributed by atoms with Gasteiger partial charge in [-0.15, -0.1) is 0 Å². The topological polar surface area (TPSA) is 127 Å². The summed E-state index contributed by atoms with van der Waals surface area (Å²) < 4.78 is 5.43. The van der Waals surface area contributed by atoms with Gasteiger partial charge in [-0.25, -0.2) is 9.78 Å². The monoisotopic (exact) mass is 300 g/mol. The molecule has 8 heteroatoms. The van der Waals surface area contributed by atoms with Crippen molar-refractivity contribution in [3.8, 4) is 17.2 Å². The second-order valence-corrected chi connectivity index (χ2v) is 4.44. The molecular weight excluding hydrogens is 292 g/mol. The van der Waals surface area contributed by atoms with Gasteiger partial charge in [0.1, 0.15) is 16.8 Å². The van der Waals surface area contributed by atoms with Crippen LogP contribution in [0.15, 0.2) is 40.8 Å². The van der Waals surface area contributed by atoms with Gasteiger partial charge >= 0.3 is 5.97 Å².